The average Bonchev–Trinajstić information content (AvgIpc) is 2.53. The van der Waals surface area contributed by atoms with Gasteiger partial charge in [0, 0.05) is 5.56 Å². The lowest BCUT2D eigenvalue weighted by Gasteiger charge is -2.25. The van der Waals surface area contributed by atoms with E-state index >= 15 is 0 Å². The van der Waals surface area contributed by atoms with Crippen LogP contribution in [-0.2, 0) is 10.0 Å². The first kappa shape index (κ1) is 18.1. The van der Waals surface area contributed by atoms with Crippen molar-refractivity contribution in [1.29, 1.82) is 0 Å². The van der Waals surface area contributed by atoms with Crippen molar-refractivity contribution in [1.82, 2.24) is 0 Å². The van der Waals surface area contributed by atoms with Crippen LogP contribution >= 0.6 is 0 Å². The van der Waals surface area contributed by atoms with E-state index in [4.69, 9.17) is 0 Å². The molecule has 0 bridgehead atoms. The predicted molar refractivity (Wildman–Crippen MR) is 92.7 cm³/mol. The van der Waals surface area contributed by atoms with Crippen molar-refractivity contribution in [3.05, 3.63) is 59.7 Å². The Bertz CT molecular complexity index is 812. The van der Waals surface area contributed by atoms with Crippen molar-refractivity contribution in [2.45, 2.75) is 31.8 Å². The van der Waals surface area contributed by atoms with E-state index in [9.17, 15) is 17.6 Å². The number of ketones is 1. The summed E-state index contributed by atoms with van der Waals surface area (Å²) in [5.41, 5.74) is 1.73. The number of benzene rings is 2. The summed E-state index contributed by atoms with van der Waals surface area (Å²) in [4.78, 5) is 11.5. The first-order chi connectivity index (χ1) is 11.2. The molecule has 2 aromatic rings. The Kier molecular flexibility index (Phi) is 5.39. The Morgan fingerprint density at radius 3 is 2.08 bits per heavy atom. The minimum absolute atomic E-state index is 0.101. The van der Waals surface area contributed by atoms with Crippen LogP contribution in [0, 0.1) is 6.92 Å². The number of aryl methyl sites for hydroxylation is 1. The summed E-state index contributed by atoms with van der Waals surface area (Å²) in [7, 11) is -3.89. The van der Waals surface area contributed by atoms with Crippen LogP contribution < -0.4 is 4.31 Å². The van der Waals surface area contributed by atoms with Gasteiger partial charge in [0.25, 0.3) is 10.0 Å². The zero-order valence-electron chi connectivity index (χ0n) is 13.9. The second-order valence-corrected chi connectivity index (χ2v) is 7.60. The van der Waals surface area contributed by atoms with Gasteiger partial charge in [-0.2, -0.15) is 0 Å². The van der Waals surface area contributed by atoms with Crippen molar-refractivity contribution >= 4 is 21.5 Å². The second kappa shape index (κ2) is 7.13. The van der Waals surface area contributed by atoms with E-state index in [2.05, 4.69) is 0 Å². The van der Waals surface area contributed by atoms with Gasteiger partial charge in [0.15, 0.2) is 5.78 Å². The normalized spacial score (nSPS) is 12.7. The van der Waals surface area contributed by atoms with E-state index in [0.717, 1.165) is 9.87 Å². The van der Waals surface area contributed by atoms with Gasteiger partial charge in [0.2, 0.25) is 0 Å². The number of anilines is 1. The van der Waals surface area contributed by atoms with E-state index in [1.165, 1.54) is 50.2 Å². The van der Waals surface area contributed by atoms with Gasteiger partial charge in [0.05, 0.1) is 17.1 Å². The second-order valence-electron chi connectivity index (χ2n) is 5.73. The highest BCUT2D eigenvalue weighted by molar-refractivity contribution is 7.92. The Hall–Kier alpha value is -2.21. The predicted octanol–water partition coefficient (Wildman–Crippen LogP) is 3.75. The first-order valence-electron chi connectivity index (χ1n) is 7.56. The summed E-state index contributed by atoms with van der Waals surface area (Å²) < 4.78 is 40.4. The molecule has 0 spiro atoms. The molecule has 0 heterocycles. The summed E-state index contributed by atoms with van der Waals surface area (Å²) in [6, 6.07) is 12.5. The number of sulfonamides is 1. The van der Waals surface area contributed by atoms with Crippen molar-refractivity contribution in [2.75, 3.05) is 10.8 Å². The molecular formula is C18H20FNO3S. The minimum Gasteiger partial charge on any atom is -0.295 e. The zero-order valence-corrected chi connectivity index (χ0v) is 14.7. The third-order valence-corrected chi connectivity index (χ3v) is 5.40. The molecule has 24 heavy (non-hydrogen) atoms. The molecule has 6 heteroatoms. The van der Waals surface area contributed by atoms with E-state index in [0.29, 0.717) is 11.3 Å². The standard InChI is InChI=1S/C18H20FNO3S/c1-13-4-10-18(11-5-13)24(22,23)20(12-14(2)19)17-8-6-16(7-9-17)15(3)21/h4-11,14H,12H2,1-3H3. The SMILES string of the molecule is CC(=O)c1ccc(N(CC(C)F)S(=O)(=O)c2ccc(C)cc2)cc1. The van der Waals surface area contributed by atoms with Crippen LogP contribution in [-0.4, -0.2) is 26.9 Å². The maximum absolute atomic E-state index is 13.6. The number of nitrogens with zero attached hydrogens (tertiary/aromatic N) is 1. The van der Waals surface area contributed by atoms with Crippen LogP contribution in [0.5, 0.6) is 0 Å². The van der Waals surface area contributed by atoms with Gasteiger partial charge in [-0.3, -0.25) is 9.10 Å². The van der Waals surface area contributed by atoms with Crippen LogP contribution in [0.3, 0.4) is 0 Å². The summed E-state index contributed by atoms with van der Waals surface area (Å²) >= 11 is 0. The van der Waals surface area contributed by atoms with Crippen LogP contribution in [0.15, 0.2) is 53.4 Å². The number of carbonyl (C=O) groups excluding carboxylic acids is 1. The Morgan fingerprint density at radius 2 is 1.62 bits per heavy atom. The van der Waals surface area contributed by atoms with Gasteiger partial charge >= 0.3 is 0 Å². The molecule has 0 N–H and O–H groups in total. The fraction of sp³-hybridized carbons (Fsp3) is 0.278. The molecule has 0 aliphatic rings. The van der Waals surface area contributed by atoms with Gasteiger partial charge < -0.3 is 0 Å². The molecule has 128 valence electrons. The van der Waals surface area contributed by atoms with E-state index < -0.39 is 16.2 Å². The summed E-state index contributed by atoms with van der Waals surface area (Å²) in [6.45, 7) is 4.30. The average molecular weight is 349 g/mol. The molecule has 0 aliphatic carbocycles. The van der Waals surface area contributed by atoms with Crippen molar-refractivity contribution < 1.29 is 17.6 Å². The highest BCUT2D eigenvalue weighted by Gasteiger charge is 2.26. The minimum atomic E-state index is -3.89. The molecule has 1 atom stereocenters. The monoisotopic (exact) mass is 349 g/mol. The molecule has 2 rings (SSSR count). The highest BCUT2D eigenvalue weighted by atomic mass is 32.2. The maximum atomic E-state index is 13.6. The zero-order chi connectivity index (χ0) is 17.9. The molecule has 0 aliphatic heterocycles. The molecule has 4 nitrogen and oxygen atoms in total. The van der Waals surface area contributed by atoms with Gasteiger partial charge in [-0.15, -0.1) is 0 Å². The van der Waals surface area contributed by atoms with Crippen molar-refractivity contribution in [3.8, 4) is 0 Å². The smallest absolute Gasteiger partial charge is 0.264 e. The lowest BCUT2D eigenvalue weighted by atomic mass is 10.1. The Balaban J connectivity index is 2.47. The molecule has 0 aromatic heterocycles. The van der Waals surface area contributed by atoms with E-state index in [1.54, 1.807) is 12.1 Å². The van der Waals surface area contributed by atoms with Crippen molar-refractivity contribution in [3.63, 3.8) is 0 Å². The molecule has 0 radical (unpaired) electrons. The van der Waals surface area contributed by atoms with Crippen molar-refractivity contribution in [2.24, 2.45) is 0 Å². The Morgan fingerprint density at radius 1 is 1.08 bits per heavy atom. The largest absolute Gasteiger partial charge is 0.295 e. The van der Waals surface area contributed by atoms with Crippen LogP contribution in [0.1, 0.15) is 29.8 Å². The third kappa shape index (κ3) is 4.00. The molecule has 0 saturated heterocycles. The molecule has 0 fully saturated rings. The molecule has 0 amide bonds. The topological polar surface area (TPSA) is 54.5 Å². The van der Waals surface area contributed by atoms with E-state index in [-0.39, 0.29) is 17.2 Å². The van der Waals surface area contributed by atoms with Gasteiger partial charge in [0.1, 0.15) is 6.17 Å². The fourth-order valence-electron chi connectivity index (χ4n) is 2.27. The number of carbonyl (C=O) groups is 1. The quantitative estimate of drug-likeness (QED) is 0.746. The van der Waals surface area contributed by atoms with Crippen LogP contribution in [0.25, 0.3) is 0 Å². The van der Waals surface area contributed by atoms with Crippen LogP contribution in [0.2, 0.25) is 0 Å². The fourth-order valence-corrected chi connectivity index (χ4v) is 3.81. The summed E-state index contributed by atoms with van der Waals surface area (Å²) in [5, 5.41) is 0. The number of hydrogen-bond donors (Lipinski definition) is 0. The molecule has 0 saturated carbocycles. The first-order valence-corrected chi connectivity index (χ1v) is 9.00. The van der Waals surface area contributed by atoms with Crippen LogP contribution in [0.4, 0.5) is 10.1 Å². The highest BCUT2D eigenvalue weighted by Crippen LogP contribution is 2.25. The summed E-state index contributed by atoms with van der Waals surface area (Å²) in [6.07, 6.45) is -1.34. The number of alkyl halides is 1. The molecular weight excluding hydrogens is 329 g/mol. The number of rotatable bonds is 6. The molecule has 1 unspecified atom stereocenters. The third-order valence-electron chi connectivity index (χ3n) is 3.59. The lowest BCUT2D eigenvalue weighted by Crippen LogP contribution is -2.35. The number of hydrogen-bond acceptors (Lipinski definition) is 3. The molecule has 2 aromatic carbocycles. The Labute approximate surface area is 142 Å². The lowest BCUT2D eigenvalue weighted by molar-refractivity contribution is 0.101. The summed E-state index contributed by atoms with van der Waals surface area (Å²) in [5.74, 6) is -0.117. The van der Waals surface area contributed by atoms with Gasteiger partial charge in [-0.25, -0.2) is 12.8 Å². The van der Waals surface area contributed by atoms with Gasteiger partial charge in [-0.1, -0.05) is 17.7 Å². The van der Waals surface area contributed by atoms with Gasteiger partial charge in [-0.05, 0) is 57.2 Å². The van der Waals surface area contributed by atoms with E-state index in [1.807, 2.05) is 6.92 Å². The number of Topliss-reactive ketones (excluding diaryl/α,β-unsaturated/α-hetero) is 1. The maximum Gasteiger partial charge on any atom is 0.264 e. The number of halogens is 1.